The first-order valence-corrected chi connectivity index (χ1v) is 9.41. The van der Waals surface area contributed by atoms with Gasteiger partial charge in [0.2, 0.25) is 0 Å². The molecule has 3 rings (SSSR count). The summed E-state index contributed by atoms with van der Waals surface area (Å²) in [6.07, 6.45) is 0.512. The number of rotatable bonds is 6. The molecule has 1 saturated heterocycles. The number of hydrogen-bond donors (Lipinski definition) is 2. The van der Waals surface area contributed by atoms with Crippen LogP contribution in [0.2, 0.25) is 4.34 Å². The van der Waals surface area contributed by atoms with Crippen LogP contribution in [0, 0.1) is 0 Å². The molecule has 3 amide bonds. The van der Waals surface area contributed by atoms with Gasteiger partial charge in [0.05, 0.1) is 16.3 Å². The largest absolute Gasteiger partial charge is 0.329 e. The molecule has 0 bridgehead atoms. The lowest BCUT2D eigenvalue weighted by Gasteiger charge is -2.26. The Labute approximate surface area is 156 Å². The third kappa shape index (κ3) is 3.42. The predicted octanol–water partition coefficient (Wildman–Crippen LogP) is 2.23. The first-order chi connectivity index (χ1) is 12.0. The highest BCUT2D eigenvalue weighted by Crippen LogP contribution is 2.31. The molecule has 1 aromatic heterocycles. The van der Waals surface area contributed by atoms with E-state index in [0.29, 0.717) is 19.6 Å². The summed E-state index contributed by atoms with van der Waals surface area (Å²) in [6.45, 7) is 2.94. The van der Waals surface area contributed by atoms with E-state index in [9.17, 15) is 9.59 Å². The van der Waals surface area contributed by atoms with E-state index >= 15 is 0 Å². The zero-order chi connectivity index (χ0) is 18.0. The zero-order valence-electron chi connectivity index (χ0n) is 14.2. The third-order valence-corrected chi connectivity index (χ3v) is 5.74. The molecule has 2 N–H and O–H groups in total. The predicted molar refractivity (Wildman–Crippen MR) is 98.6 cm³/mol. The average molecular weight is 379 g/mol. The number of urea groups is 1. The molecular weight excluding hydrogens is 358 g/mol. The van der Waals surface area contributed by atoms with Crippen LogP contribution < -0.4 is 10.2 Å². The number of imide groups is 1. The maximum atomic E-state index is 13.1. The SMILES string of the molecule is CC[C@]1(c2ccccc2)NC(=O)N(C[NH+](C)Cc2ccc(Cl)s2)C1=O. The molecule has 1 unspecified atom stereocenters. The van der Waals surface area contributed by atoms with Crippen molar-refractivity contribution in [2.24, 2.45) is 0 Å². The molecule has 0 radical (unpaired) electrons. The van der Waals surface area contributed by atoms with Gasteiger partial charge in [-0.05, 0) is 24.1 Å². The highest BCUT2D eigenvalue weighted by Gasteiger charge is 2.52. The summed E-state index contributed by atoms with van der Waals surface area (Å²) in [5.41, 5.74) is -0.147. The molecule has 1 aromatic carbocycles. The monoisotopic (exact) mass is 378 g/mol. The maximum Gasteiger partial charge on any atom is 0.329 e. The van der Waals surface area contributed by atoms with Crippen LogP contribution in [0.4, 0.5) is 4.79 Å². The molecule has 7 heteroatoms. The van der Waals surface area contributed by atoms with Gasteiger partial charge in [0.15, 0.2) is 6.67 Å². The molecule has 132 valence electrons. The molecule has 1 aliphatic heterocycles. The Morgan fingerprint density at radius 3 is 2.52 bits per heavy atom. The molecule has 0 spiro atoms. The van der Waals surface area contributed by atoms with Crippen LogP contribution in [-0.2, 0) is 16.9 Å². The molecule has 1 fully saturated rings. The fraction of sp³-hybridized carbons (Fsp3) is 0.333. The minimum absolute atomic E-state index is 0.185. The molecule has 25 heavy (non-hydrogen) atoms. The van der Waals surface area contributed by atoms with Gasteiger partial charge in [0.1, 0.15) is 12.1 Å². The first-order valence-electron chi connectivity index (χ1n) is 8.21. The number of carbonyl (C=O) groups is 2. The fourth-order valence-corrected chi connectivity index (χ4v) is 4.40. The minimum atomic E-state index is -0.967. The van der Waals surface area contributed by atoms with Crippen molar-refractivity contribution >= 4 is 34.9 Å². The van der Waals surface area contributed by atoms with Crippen molar-refractivity contribution in [3.05, 3.63) is 57.2 Å². The third-order valence-electron chi connectivity index (χ3n) is 4.51. The molecule has 2 atom stereocenters. The van der Waals surface area contributed by atoms with Crippen molar-refractivity contribution in [2.45, 2.75) is 25.4 Å². The number of halogens is 1. The topological polar surface area (TPSA) is 53.9 Å². The molecule has 1 aliphatic rings. The van der Waals surface area contributed by atoms with Crippen LogP contribution in [0.3, 0.4) is 0 Å². The summed E-state index contributed by atoms with van der Waals surface area (Å²) in [5.74, 6) is -0.185. The second-order valence-corrected chi connectivity index (χ2v) is 8.09. The number of nitrogens with one attached hydrogen (secondary N) is 2. The van der Waals surface area contributed by atoms with Gasteiger partial charge in [-0.2, -0.15) is 0 Å². The summed E-state index contributed by atoms with van der Waals surface area (Å²) < 4.78 is 0.742. The molecule has 2 aromatic rings. The van der Waals surface area contributed by atoms with Crippen LogP contribution >= 0.6 is 22.9 Å². The minimum Gasteiger partial charge on any atom is -0.319 e. The van der Waals surface area contributed by atoms with Gasteiger partial charge in [-0.15, -0.1) is 11.3 Å². The van der Waals surface area contributed by atoms with Crippen molar-refractivity contribution in [3.8, 4) is 0 Å². The quantitative estimate of drug-likeness (QED) is 0.757. The van der Waals surface area contributed by atoms with Gasteiger partial charge in [0.25, 0.3) is 5.91 Å². The summed E-state index contributed by atoms with van der Waals surface area (Å²) in [5, 5.41) is 2.91. The summed E-state index contributed by atoms with van der Waals surface area (Å²) in [6, 6.07) is 12.9. The Morgan fingerprint density at radius 2 is 1.92 bits per heavy atom. The lowest BCUT2D eigenvalue weighted by Crippen LogP contribution is -3.09. The fourth-order valence-electron chi connectivity index (χ4n) is 3.20. The highest BCUT2D eigenvalue weighted by molar-refractivity contribution is 7.16. The van der Waals surface area contributed by atoms with Gasteiger partial charge in [-0.1, -0.05) is 48.9 Å². The first kappa shape index (κ1) is 17.9. The van der Waals surface area contributed by atoms with E-state index in [1.165, 1.54) is 16.2 Å². The van der Waals surface area contributed by atoms with Crippen molar-refractivity contribution < 1.29 is 14.5 Å². The smallest absolute Gasteiger partial charge is 0.319 e. The van der Waals surface area contributed by atoms with E-state index in [4.69, 9.17) is 11.6 Å². The van der Waals surface area contributed by atoms with Gasteiger partial charge >= 0.3 is 6.03 Å². The van der Waals surface area contributed by atoms with Crippen molar-refractivity contribution in [3.63, 3.8) is 0 Å². The molecular formula is C18H21ClN3O2S+. The molecule has 5 nitrogen and oxygen atoms in total. The number of quaternary nitrogens is 1. The molecule has 0 aliphatic carbocycles. The highest BCUT2D eigenvalue weighted by atomic mass is 35.5. The second kappa shape index (κ2) is 7.15. The maximum absolute atomic E-state index is 13.1. The van der Waals surface area contributed by atoms with Crippen LogP contribution in [-0.4, -0.2) is 30.6 Å². The van der Waals surface area contributed by atoms with E-state index in [1.54, 1.807) is 0 Å². The summed E-state index contributed by atoms with van der Waals surface area (Å²) in [4.78, 5) is 29.0. The van der Waals surface area contributed by atoms with E-state index < -0.39 is 5.54 Å². The van der Waals surface area contributed by atoms with E-state index in [2.05, 4.69) is 5.32 Å². The van der Waals surface area contributed by atoms with Gasteiger partial charge in [-0.25, -0.2) is 9.69 Å². The number of benzene rings is 1. The van der Waals surface area contributed by atoms with Crippen LogP contribution in [0.15, 0.2) is 42.5 Å². The average Bonchev–Trinajstić information content (AvgIpc) is 3.11. The standard InChI is InChI=1S/C18H20ClN3O2S/c1-3-18(13-7-5-4-6-8-13)16(23)22(17(24)20-18)12-21(2)11-14-9-10-15(19)25-14/h4-10H,3,11-12H2,1-2H3,(H,20,24)/p+1/t18-/m1/s1. The summed E-state index contributed by atoms with van der Waals surface area (Å²) >= 11 is 7.48. The summed E-state index contributed by atoms with van der Waals surface area (Å²) in [7, 11) is 1.96. The van der Waals surface area contributed by atoms with Crippen molar-refractivity contribution in [1.29, 1.82) is 0 Å². The van der Waals surface area contributed by atoms with Gasteiger partial charge < -0.3 is 10.2 Å². The number of amides is 3. The van der Waals surface area contributed by atoms with Crippen LogP contribution in [0.25, 0.3) is 0 Å². The van der Waals surface area contributed by atoms with Crippen LogP contribution in [0.5, 0.6) is 0 Å². The van der Waals surface area contributed by atoms with Gasteiger partial charge in [-0.3, -0.25) is 4.79 Å². The Morgan fingerprint density at radius 1 is 1.20 bits per heavy atom. The number of thiophene rings is 1. The van der Waals surface area contributed by atoms with Crippen LogP contribution in [0.1, 0.15) is 23.8 Å². The lowest BCUT2D eigenvalue weighted by molar-refractivity contribution is -0.900. The Balaban J connectivity index is 1.76. The zero-order valence-corrected chi connectivity index (χ0v) is 15.8. The number of nitrogens with zero attached hydrogens (tertiary/aromatic N) is 1. The van der Waals surface area contributed by atoms with E-state index in [1.807, 2.05) is 56.4 Å². The van der Waals surface area contributed by atoms with E-state index in [-0.39, 0.29) is 11.9 Å². The van der Waals surface area contributed by atoms with Gasteiger partial charge in [0, 0.05) is 0 Å². The molecule has 0 saturated carbocycles. The number of hydrogen-bond acceptors (Lipinski definition) is 3. The van der Waals surface area contributed by atoms with E-state index in [0.717, 1.165) is 19.7 Å². The second-order valence-electron chi connectivity index (χ2n) is 6.29. The molecule has 2 heterocycles. The Kier molecular flexibility index (Phi) is 5.13. The lowest BCUT2D eigenvalue weighted by atomic mass is 9.87. The normalized spacial score (nSPS) is 21.5. The Hall–Kier alpha value is -1.89. The number of carbonyl (C=O) groups excluding carboxylic acids is 2. The van der Waals surface area contributed by atoms with Crippen molar-refractivity contribution in [2.75, 3.05) is 13.7 Å². The van der Waals surface area contributed by atoms with Crippen molar-refractivity contribution in [1.82, 2.24) is 10.2 Å². The Bertz CT molecular complexity index is 780.